The molecule has 0 bridgehead atoms. The van der Waals surface area contributed by atoms with Gasteiger partial charge < -0.3 is 10.1 Å². The van der Waals surface area contributed by atoms with Crippen LogP contribution in [-0.4, -0.2) is 19.7 Å². The van der Waals surface area contributed by atoms with Crippen LogP contribution in [0.5, 0.6) is 5.75 Å². The third-order valence-corrected chi connectivity index (χ3v) is 1.97. The fourth-order valence-electron chi connectivity index (χ4n) is 1.10. The van der Waals surface area contributed by atoms with Crippen molar-refractivity contribution in [1.82, 2.24) is 5.32 Å². The van der Waals surface area contributed by atoms with Crippen LogP contribution in [0.25, 0.3) is 0 Å². The summed E-state index contributed by atoms with van der Waals surface area (Å²) < 4.78 is 5.55. The largest absolute Gasteiger partial charge is 0.492 e. The molecule has 74 valence electrons. The van der Waals surface area contributed by atoms with Gasteiger partial charge in [0, 0.05) is 6.42 Å². The Morgan fingerprint density at radius 2 is 2.14 bits per heavy atom. The molecule has 2 nitrogen and oxygen atoms in total. The molecule has 0 radical (unpaired) electrons. The molecular weight excluding hydrogens is 174 g/mol. The topological polar surface area (TPSA) is 21.3 Å². The molecule has 2 heteroatoms. The normalized spacial score (nSPS) is 11.7. The first-order valence-electron chi connectivity index (χ1n) is 4.65. The highest BCUT2D eigenvalue weighted by Gasteiger charge is 2.04. The van der Waals surface area contributed by atoms with E-state index in [-0.39, 0.29) is 6.04 Å². The molecule has 0 aliphatic carbocycles. The lowest BCUT2D eigenvalue weighted by Crippen LogP contribution is -2.31. The number of para-hydroxylation sites is 1. The molecule has 1 N–H and O–H groups in total. The summed E-state index contributed by atoms with van der Waals surface area (Å²) >= 11 is 0. The quantitative estimate of drug-likeness (QED) is 0.711. The highest BCUT2D eigenvalue weighted by Crippen LogP contribution is 2.08. The van der Waals surface area contributed by atoms with Crippen LogP contribution in [0.15, 0.2) is 30.3 Å². The molecule has 0 saturated carbocycles. The van der Waals surface area contributed by atoms with Crippen LogP contribution in [0.3, 0.4) is 0 Å². The Kier molecular flexibility index (Phi) is 4.60. The molecule has 0 heterocycles. The van der Waals surface area contributed by atoms with Crippen LogP contribution >= 0.6 is 0 Å². The van der Waals surface area contributed by atoms with Crippen molar-refractivity contribution in [3.63, 3.8) is 0 Å². The number of nitrogens with one attached hydrogen (secondary N) is 1. The van der Waals surface area contributed by atoms with Gasteiger partial charge in [0.05, 0.1) is 6.04 Å². The fourth-order valence-corrected chi connectivity index (χ4v) is 1.10. The van der Waals surface area contributed by atoms with E-state index in [4.69, 9.17) is 11.2 Å². The smallest absolute Gasteiger partial charge is 0.119 e. The van der Waals surface area contributed by atoms with Gasteiger partial charge in [-0.3, -0.25) is 0 Å². The highest BCUT2D eigenvalue weighted by atomic mass is 16.5. The minimum absolute atomic E-state index is 0.222. The van der Waals surface area contributed by atoms with E-state index >= 15 is 0 Å². The third-order valence-electron chi connectivity index (χ3n) is 1.97. The van der Waals surface area contributed by atoms with Crippen molar-refractivity contribution in [3.05, 3.63) is 30.3 Å². The van der Waals surface area contributed by atoms with E-state index in [9.17, 15) is 0 Å². The zero-order valence-corrected chi connectivity index (χ0v) is 8.36. The van der Waals surface area contributed by atoms with Crippen LogP contribution < -0.4 is 10.1 Å². The summed E-state index contributed by atoms with van der Waals surface area (Å²) in [6.07, 6.45) is 5.91. The van der Waals surface area contributed by atoms with Gasteiger partial charge >= 0.3 is 0 Å². The van der Waals surface area contributed by atoms with E-state index in [1.165, 1.54) is 0 Å². The number of benzene rings is 1. The lowest BCUT2D eigenvalue weighted by Gasteiger charge is -2.14. The van der Waals surface area contributed by atoms with Gasteiger partial charge in [0.15, 0.2) is 0 Å². The zero-order chi connectivity index (χ0) is 10.2. The SMILES string of the molecule is C#CCC(COc1ccccc1)NC. The van der Waals surface area contributed by atoms with Gasteiger partial charge in [-0.05, 0) is 19.2 Å². The minimum atomic E-state index is 0.222. The molecule has 0 aliphatic rings. The summed E-state index contributed by atoms with van der Waals surface area (Å²) in [4.78, 5) is 0. The number of hydrogen-bond donors (Lipinski definition) is 1. The molecule has 1 aromatic rings. The van der Waals surface area contributed by atoms with Crippen molar-refractivity contribution in [2.24, 2.45) is 0 Å². The van der Waals surface area contributed by atoms with Gasteiger partial charge in [0.1, 0.15) is 12.4 Å². The lowest BCUT2D eigenvalue weighted by molar-refractivity contribution is 0.273. The van der Waals surface area contributed by atoms with Gasteiger partial charge in [-0.25, -0.2) is 0 Å². The highest BCUT2D eigenvalue weighted by molar-refractivity contribution is 5.20. The number of terminal acetylenes is 1. The van der Waals surface area contributed by atoms with Gasteiger partial charge in [-0.15, -0.1) is 12.3 Å². The first-order chi connectivity index (χ1) is 6.86. The van der Waals surface area contributed by atoms with Crippen molar-refractivity contribution < 1.29 is 4.74 Å². The van der Waals surface area contributed by atoms with Crippen molar-refractivity contribution in [3.8, 4) is 18.1 Å². The fraction of sp³-hybridized carbons (Fsp3) is 0.333. The average Bonchev–Trinajstić information content (AvgIpc) is 2.25. The van der Waals surface area contributed by atoms with Gasteiger partial charge in [0.2, 0.25) is 0 Å². The number of rotatable bonds is 5. The second kappa shape index (κ2) is 6.06. The molecule has 1 rings (SSSR count). The molecule has 14 heavy (non-hydrogen) atoms. The Hall–Kier alpha value is -1.46. The predicted octanol–water partition coefficient (Wildman–Crippen LogP) is 1.68. The summed E-state index contributed by atoms with van der Waals surface area (Å²) in [5.74, 6) is 3.49. The summed E-state index contributed by atoms with van der Waals surface area (Å²) in [6, 6.07) is 9.95. The minimum Gasteiger partial charge on any atom is -0.492 e. The van der Waals surface area contributed by atoms with Crippen LogP contribution in [0.2, 0.25) is 0 Å². The second-order valence-electron chi connectivity index (χ2n) is 3.02. The van der Waals surface area contributed by atoms with E-state index in [1.54, 1.807) is 0 Å². The standard InChI is InChI=1S/C12H15NO/c1-3-7-11(13-2)10-14-12-8-5-4-6-9-12/h1,4-6,8-9,11,13H,7,10H2,2H3. The molecule has 0 aromatic heterocycles. The summed E-state index contributed by atoms with van der Waals surface area (Å²) in [7, 11) is 1.89. The van der Waals surface area contributed by atoms with E-state index in [2.05, 4.69) is 11.2 Å². The maximum absolute atomic E-state index is 5.55. The Morgan fingerprint density at radius 3 is 2.71 bits per heavy atom. The predicted molar refractivity (Wildman–Crippen MR) is 58.2 cm³/mol. The Labute approximate surface area is 85.3 Å². The lowest BCUT2D eigenvalue weighted by atomic mass is 10.2. The number of ether oxygens (including phenoxy) is 1. The zero-order valence-electron chi connectivity index (χ0n) is 8.36. The molecular formula is C12H15NO. The van der Waals surface area contributed by atoms with Crippen LogP contribution in [-0.2, 0) is 0 Å². The van der Waals surface area contributed by atoms with Crippen LogP contribution in [0, 0.1) is 12.3 Å². The molecule has 0 fully saturated rings. The van der Waals surface area contributed by atoms with Gasteiger partial charge in [0.25, 0.3) is 0 Å². The van der Waals surface area contributed by atoms with E-state index in [0.29, 0.717) is 13.0 Å². The number of likely N-dealkylation sites (N-methyl/N-ethyl adjacent to an activating group) is 1. The molecule has 0 saturated heterocycles. The van der Waals surface area contributed by atoms with Crippen LogP contribution in [0.4, 0.5) is 0 Å². The summed E-state index contributed by atoms with van der Waals surface area (Å²) in [6.45, 7) is 0.602. The molecule has 1 aromatic carbocycles. The van der Waals surface area contributed by atoms with Crippen molar-refractivity contribution in [1.29, 1.82) is 0 Å². The van der Waals surface area contributed by atoms with Gasteiger partial charge in [-0.1, -0.05) is 18.2 Å². The Bertz CT molecular complexity index is 289. The second-order valence-corrected chi connectivity index (χ2v) is 3.02. The van der Waals surface area contributed by atoms with Crippen molar-refractivity contribution >= 4 is 0 Å². The summed E-state index contributed by atoms with van der Waals surface area (Å²) in [5, 5.41) is 3.11. The maximum Gasteiger partial charge on any atom is 0.119 e. The number of hydrogen-bond acceptors (Lipinski definition) is 2. The van der Waals surface area contributed by atoms with Crippen LogP contribution in [0.1, 0.15) is 6.42 Å². The van der Waals surface area contributed by atoms with Crippen molar-refractivity contribution in [2.75, 3.05) is 13.7 Å². The first-order valence-corrected chi connectivity index (χ1v) is 4.65. The molecule has 0 aliphatic heterocycles. The molecule has 1 atom stereocenters. The Balaban J connectivity index is 2.36. The maximum atomic E-state index is 5.55. The molecule has 1 unspecified atom stereocenters. The summed E-state index contributed by atoms with van der Waals surface area (Å²) in [5.41, 5.74) is 0. The third kappa shape index (κ3) is 3.51. The monoisotopic (exact) mass is 189 g/mol. The van der Waals surface area contributed by atoms with Crippen molar-refractivity contribution in [2.45, 2.75) is 12.5 Å². The van der Waals surface area contributed by atoms with E-state index < -0.39 is 0 Å². The molecule has 0 spiro atoms. The Morgan fingerprint density at radius 1 is 1.43 bits per heavy atom. The van der Waals surface area contributed by atoms with E-state index in [0.717, 1.165) is 5.75 Å². The van der Waals surface area contributed by atoms with E-state index in [1.807, 2.05) is 37.4 Å². The molecule has 0 amide bonds. The van der Waals surface area contributed by atoms with Gasteiger partial charge in [-0.2, -0.15) is 0 Å². The first kappa shape index (κ1) is 10.6. The average molecular weight is 189 g/mol.